The third-order valence-electron chi connectivity index (χ3n) is 1.92. The van der Waals surface area contributed by atoms with Crippen molar-refractivity contribution in [1.29, 1.82) is 0 Å². The van der Waals surface area contributed by atoms with E-state index < -0.39 is 10.0 Å². The van der Waals surface area contributed by atoms with Crippen molar-refractivity contribution in [2.45, 2.75) is 12.8 Å². The minimum atomic E-state index is -3.48. The van der Waals surface area contributed by atoms with E-state index in [9.17, 15) is 12.8 Å². The van der Waals surface area contributed by atoms with Gasteiger partial charge in [-0.1, -0.05) is 19.1 Å². The van der Waals surface area contributed by atoms with Crippen LogP contribution in [0.2, 0.25) is 0 Å². The smallest absolute Gasteiger partial charge is 0.209 e. The van der Waals surface area contributed by atoms with Crippen molar-refractivity contribution < 1.29 is 12.8 Å². The Hall–Kier alpha value is -0.940. The van der Waals surface area contributed by atoms with E-state index in [1.54, 1.807) is 19.1 Å². The minimum Gasteiger partial charge on any atom is -0.229 e. The van der Waals surface area contributed by atoms with Crippen LogP contribution in [0.4, 0.5) is 4.39 Å². The average Bonchev–Trinajstić information content (AvgIpc) is 2.02. The lowest BCUT2D eigenvalue weighted by molar-refractivity contribution is 0.592. The molecule has 0 aliphatic rings. The Balaban J connectivity index is 2.80. The molecule has 0 radical (unpaired) electrons. The highest BCUT2D eigenvalue weighted by Gasteiger charge is 2.12. The van der Waals surface area contributed by atoms with Crippen LogP contribution in [0, 0.1) is 5.82 Å². The number of hydrogen-bond donors (Lipinski definition) is 1. The number of primary sulfonamides is 1. The maximum atomic E-state index is 12.5. The Bertz CT molecular complexity index is 399. The van der Waals surface area contributed by atoms with Crippen molar-refractivity contribution in [3.8, 4) is 0 Å². The molecule has 1 rings (SSSR count). The maximum absolute atomic E-state index is 12.5. The third-order valence-corrected chi connectivity index (χ3v) is 2.89. The molecule has 14 heavy (non-hydrogen) atoms. The summed E-state index contributed by atoms with van der Waals surface area (Å²) >= 11 is 0. The van der Waals surface area contributed by atoms with E-state index >= 15 is 0 Å². The molecule has 0 amide bonds. The number of nitrogens with two attached hydrogens (primary N) is 1. The average molecular weight is 217 g/mol. The second-order valence-corrected chi connectivity index (χ2v) is 4.94. The van der Waals surface area contributed by atoms with Gasteiger partial charge in [0, 0.05) is 0 Å². The van der Waals surface area contributed by atoms with Crippen molar-refractivity contribution in [1.82, 2.24) is 0 Å². The molecule has 0 saturated carbocycles. The minimum absolute atomic E-state index is 0.126. The van der Waals surface area contributed by atoms with Crippen LogP contribution in [0.5, 0.6) is 0 Å². The highest BCUT2D eigenvalue weighted by atomic mass is 32.2. The van der Waals surface area contributed by atoms with Gasteiger partial charge in [0.05, 0.1) is 5.75 Å². The summed E-state index contributed by atoms with van der Waals surface area (Å²) in [5, 5.41) is 4.90. The molecule has 0 aromatic heterocycles. The topological polar surface area (TPSA) is 60.2 Å². The highest BCUT2D eigenvalue weighted by molar-refractivity contribution is 7.89. The summed E-state index contributed by atoms with van der Waals surface area (Å²) in [7, 11) is -3.48. The van der Waals surface area contributed by atoms with Crippen LogP contribution in [0.15, 0.2) is 24.3 Å². The first kappa shape index (κ1) is 11.1. The van der Waals surface area contributed by atoms with Crippen molar-refractivity contribution >= 4 is 10.0 Å². The van der Waals surface area contributed by atoms with Gasteiger partial charge in [-0.3, -0.25) is 0 Å². The second-order valence-electron chi connectivity index (χ2n) is 3.28. The highest BCUT2D eigenvalue weighted by Crippen LogP contribution is 2.16. The van der Waals surface area contributed by atoms with Gasteiger partial charge in [0.1, 0.15) is 5.82 Å². The lowest BCUT2D eigenvalue weighted by atomic mass is 10.0. The molecule has 0 bridgehead atoms. The standard InChI is InChI=1S/C9H12FNO2S/c1-7(6-14(11,12)13)8-2-4-9(10)5-3-8/h2-5,7H,6H2,1H3,(H2,11,12,13). The fraction of sp³-hybridized carbons (Fsp3) is 0.333. The zero-order valence-corrected chi connectivity index (χ0v) is 8.59. The van der Waals surface area contributed by atoms with E-state index in [-0.39, 0.29) is 17.5 Å². The van der Waals surface area contributed by atoms with Crippen molar-refractivity contribution in [3.05, 3.63) is 35.6 Å². The number of hydrogen-bond acceptors (Lipinski definition) is 2. The monoisotopic (exact) mass is 217 g/mol. The van der Waals surface area contributed by atoms with Crippen molar-refractivity contribution in [2.75, 3.05) is 5.75 Å². The zero-order chi connectivity index (χ0) is 10.8. The van der Waals surface area contributed by atoms with Gasteiger partial charge < -0.3 is 0 Å². The summed E-state index contributed by atoms with van der Waals surface area (Å²) in [6.07, 6.45) is 0. The summed E-state index contributed by atoms with van der Waals surface area (Å²) in [5.74, 6) is -0.680. The molecule has 0 saturated heterocycles. The molecule has 1 atom stereocenters. The Kier molecular flexibility index (Phi) is 3.23. The fourth-order valence-electron chi connectivity index (χ4n) is 1.24. The SMILES string of the molecule is CC(CS(N)(=O)=O)c1ccc(F)cc1. The van der Waals surface area contributed by atoms with Gasteiger partial charge in [0.15, 0.2) is 0 Å². The molecule has 2 N–H and O–H groups in total. The van der Waals surface area contributed by atoms with Gasteiger partial charge >= 0.3 is 0 Å². The molecular weight excluding hydrogens is 205 g/mol. The predicted octanol–water partition coefficient (Wildman–Crippen LogP) is 1.22. The summed E-state index contributed by atoms with van der Waals surface area (Å²) in [4.78, 5) is 0. The largest absolute Gasteiger partial charge is 0.229 e. The molecule has 78 valence electrons. The van der Waals surface area contributed by atoms with Crippen LogP contribution in [-0.2, 0) is 10.0 Å². The van der Waals surface area contributed by atoms with Gasteiger partial charge in [-0.25, -0.2) is 17.9 Å². The van der Waals surface area contributed by atoms with E-state index in [0.29, 0.717) is 0 Å². The molecule has 0 fully saturated rings. The van der Waals surface area contributed by atoms with E-state index in [1.165, 1.54) is 12.1 Å². The van der Waals surface area contributed by atoms with Crippen LogP contribution in [0.1, 0.15) is 18.4 Å². The Morgan fingerprint density at radius 1 is 1.36 bits per heavy atom. The molecule has 0 aliphatic heterocycles. The van der Waals surface area contributed by atoms with Crippen molar-refractivity contribution in [3.63, 3.8) is 0 Å². The van der Waals surface area contributed by atoms with Crippen molar-refractivity contribution in [2.24, 2.45) is 5.14 Å². The molecule has 0 aliphatic carbocycles. The molecule has 1 aromatic rings. The van der Waals surface area contributed by atoms with Gasteiger partial charge in [0.2, 0.25) is 10.0 Å². The van der Waals surface area contributed by atoms with E-state index in [4.69, 9.17) is 5.14 Å². The first-order valence-electron chi connectivity index (χ1n) is 4.14. The Morgan fingerprint density at radius 2 is 1.86 bits per heavy atom. The first-order chi connectivity index (χ1) is 6.38. The van der Waals surface area contributed by atoms with E-state index in [2.05, 4.69) is 0 Å². The lowest BCUT2D eigenvalue weighted by Crippen LogP contribution is -2.20. The van der Waals surface area contributed by atoms with E-state index in [1.807, 2.05) is 0 Å². The summed E-state index contributed by atoms with van der Waals surface area (Å²) < 4.78 is 34.1. The Morgan fingerprint density at radius 3 is 2.29 bits per heavy atom. The van der Waals surface area contributed by atoms with Crippen LogP contribution < -0.4 is 5.14 Å². The molecular formula is C9H12FNO2S. The number of benzene rings is 1. The third kappa shape index (κ3) is 3.43. The van der Waals surface area contributed by atoms with Crippen LogP contribution >= 0.6 is 0 Å². The van der Waals surface area contributed by atoms with Crippen LogP contribution in [0.25, 0.3) is 0 Å². The van der Waals surface area contributed by atoms with Gasteiger partial charge in [-0.2, -0.15) is 0 Å². The van der Waals surface area contributed by atoms with Gasteiger partial charge in [0.25, 0.3) is 0 Å². The second kappa shape index (κ2) is 4.06. The van der Waals surface area contributed by atoms with Crippen LogP contribution in [-0.4, -0.2) is 14.2 Å². The summed E-state index contributed by atoms with van der Waals surface area (Å²) in [5.41, 5.74) is 0.764. The van der Waals surface area contributed by atoms with Gasteiger partial charge in [-0.15, -0.1) is 0 Å². The molecule has 0 spiro atoms. The number of rotatable bonds is 3. The van der Waals surface area contributed by atoms with Crippen LogP contribution in [0.3, 0.4) is 0 Å². The lowest BCUT2D eigenvalue weighted by Gasteiger charge is -2.09. The molecule has 1 unspecified atom stereocenters. The first-order valence-corrected chi connectivity index (χ1v) is 5.86. The predicted molar refractivity (Wildman–Crippen MR) is 52.8 cm³/mol. The fourth-order valence-corrected chi connectivity index (χ4v) is 2.13. The molecule has 0 heterocycles. The normalized spacial score (nSPS) is 13.9. The maximum Gasteiger partial charge on any atom is 0.209 e. The van der Waals surface area contributed by atoms with Gasteiger partial charge in [-0.05, 0) is 23.6 Å². The molecule has 3 nitrogen and oxygen atoms in total. The number of halogens is 1. The zero-order valence-electron chi connectivity index (χ0n) is 7.77. The Labute approximate surface area is 82.8 Å². The summed E-state index contributed by atoms with van der Waals surface area (Å²) in [6, 6.07) is 5.72. The van der Waals surface area contributed by atoms with E-state index in [0.717, 1.165) is 5.56 Å². The number of sulfonamides is 1. The summed E-state index contributed by atoms with van der Waals surface area (Å²) in [6.45, 7) is 1.73. The quantitative estimate of drug-likeness (QED) is 0.827. The molecule has 5 heteroatoms. The molecule has 1 aromatic carbocycles.